The molecule has 0 spiro atoms. The van der Waals surface area contributed by atoms with Crippen molar-refractivity contribution in [1.82, 2.24) is 9.55 Å². The molecule has 0 unspecified atom stereocenters. The number of carbonyl (C=O) groups is 1. The van der Waals surface area contributed by atoms with Gasteiger partial charge in [-0.25, -0.2) is 14.2 Å². The third-order valence-corrected chi connectivity index (χ3v) is 4.22. The van der Waals surface area contributed by atoms with Crippen molar-refractivity contribution in [2.24, 2.45) is 0 Å². The number of hydrogen-bond acceptors (Lipinski definition) is 4. The van der Waals surface area contributed by atoms with Crippen LogP contribution in [0.4, 0.5) is 4.39 Å². The topological polar surface area (TPSA) is 64.3 Å². The van der Waals surface area contributed by atoms with Gasteiger partial charge in [-0.05, 0) is 49.1 Å². The first-order valence-electron chi connectivity index (χ1n) is 8.63. The average molecular weight is 356 g/mol. The molecule has 0 atom stereocenters. The highest BCUT2D eigenvalue weighted by Gasteiger charge is 2.19. The number of hydrogen-bond donors (Lipinski definition) is 1. The molecule has 2 heterocycles. The smallest absolute Gasteiger partial charge is 0.359 e. The predicted octanol–water partition coefficient (Wildman–Crippen LogP) is 3.33. The summed E-state index contributed by atoms with van der Waals surface area (Å²) in [4.78, 5) is 16.7. The van der Waals surface area contributed by atoms with Crippen molar-refractivity contribution in [3.63, 3.8) is 0 Å². The SMILES string of the molecule is CCOC(=O)c1ncc(CCCO)c2ccn(Cc3ccc(F)cc3)c12. The summed E-state index contributed by atoms with van der Waals surface area (Å²) in [6.45, 7) is 2.61. The van der Waals surface area contributed by atoms with E-state index in [1.807, 2.05) is 16.8 Å². The lowest BCUT2D eigenvalue weighted by Gasteiger charge is -2.11. The molecule has 26 heavy (non-hydrogen) atoms. The third kappa shape index (κ3) is 3.75. The largest absolute Gasteiger partial charge is 0.461 e. The van der Waals surface area contributed by atoms with E-state index in [4.69, 9.17) is 9.84 Å². The van der Waals surface area contributed by atoms with Crippen LogP contribution in [-0.2, 0) is 17.7 Å². The van der Waals surface area contributed by atoms with Crippen LogP contribution in [0.1, 0.15) is 35.0 Å². The Morgan fingerprint density at radius 3 is 2.73 bits per heavy atom. The number of aryl methyl sites for hydroxylation is 1. The summed E-state index contributed by atoms with van der Waals surface area (Å²) in [7, 11) is 0. The first-order chi connectivity index (χ1) is 12.6. The third-order valence-electron chi connectivity index (χ3n) is 4.22. The van der Waals surface area contributed by atoms with E-state index in [1.165, 1.54) is 12.1 Å². The maximum atomic E-state index is 13.1. The van der Waals surface area contributed by atoms with Crippen LogP contribution in [0.15, 0.2) is 42.7 Å². The second-order valence-electron chi connectivity index (χ2n) is 6.01. The van der Waals surface area contributed by atoms with E-state index in [2.05, 4.69) is 4.98 Å². The number of pyridine rings is 1. The summed E-state index contributed by atoms with van der Waals surface area (Å²) in [5.74, 6) is -0.753. The van der Waals surface area contributed by atoms with Crippen LogP contribution in [0, 0.1) is 5.82 Å². The number of aliphatic hydroxyl groups excluding tert-OH is 1. The number of rotatable bonds is 7. The molecule has 3 rings (SSSR count). The summed E-state index contributed by atoms with van der Waals surface area (Å²) in [6, 6.07) is 8.20. The van der Waals surface area contributed by atoms with Crippen molar-refractivity contribution in [2.75, 3.05) is 13.2 Å². The van der Waals surface area contributed by atoms with Crippen LogP contribution in [0.5, 0.6) is 0 Å². The molecule has 0 aliphatic carbocycles. The Hall–Kier alpha value is -2.73. The Labute approximate surface area is 151 Å². The summed E-state index contributed by atoms with van der Waals surface area (Å²) in [5.41, 5.74) is 2.85. The van der Waals surface area contributed by atoms with E-state index in [9.17, 15) is 9.18 Å². The molecule has 0 aliphatic rings. The highest BCUT2D eigenvalue weighted by molar-refractivity contribution is 6.02. The molecule has 0 fully saturated rings. The van der Waals surface area contributed by atoms with Crippen LogP contribution in [0.2, 0.25) is 0 Å². The molecule has 0 saturated carbocycles. The molecule has 0 aliphatic heterocycles. The van der Waals surface area contributed by atoms with Crippen LogP contribution in [0.25, 0.3) is 10.9 Å². The first kappa shape index (κ1) is 18.1. The molecule has 0 radical (unpaired) electrons. The van der Waals surface area contributed by atoms with Crippen molar-refractivity contribution in [1.29, 1.82) is 0 Å². The summed E-state index contributed by atoms with van der Waals surface area (Å²) >= 11 is 0. The van der Waals surface area contributed by atoms with Gasteiger partial charge in [0, 0.05) is 30.9 Å². The molecule has 0 saturated heterocycles. The van der Waals surface area contributed by atoms with Gasteiger partial charge in [-0.2, -0.15) is 0 Å². The molecular formula is C20H21FN2O3. The lowest BCUT2D eigenvalue weighted by Crippen LogP contribution is -2.11. The zero-order chi connectivity index (χ0) is 18.5. The minimum Gasteiger partial charge on any atom is -0.461 e. The number of aromatic nitrogens is 2. The van der Waals surface area contributed by atoms with E-state index in [-0.39, 0.29) is 24.7 Å². The lowest BCUT2D eigenvalue weighted by atomic mass is 10.1. The number of esters is 1. The maximum absolute atomic E-state index is 13.1. The molecule has 5 nitrogen and oxygen atoms in total. The van der Waals surface area contributed by atoms with Gasteiger partial charge in [-0.15, -0.1) is 0 Å². The van der Waals surface area contributed by atoms with Crippen molar-refractivity contribution in [3.8, 4) is 0 Å². The van der Waals surface area contributed by atoms with Crippen molar-refractivity contribution >= 4 is 16.9 Å². The number of carbonyl (C=O) groups excluding carboxylic acids is 1. The normalized spacial score (nSPS) is 11.0. The van der Waals surface area contributed by atoms with Crippen molar-refractivity contribution < 1.29 is 19.0 Å². The average Bonchev–Trinajstić information content (AvgIpc) is 3.06. The lowest BCUT2D eigenvalue weighted by molar-refractivity contribution is 0.0521. The standard InChI is InChI=1S/C20H21FN2O3/c1-2-26-20(25)18-19-17(15(12-22-18)4-3-11-24)9-10-23(19)13-14-5-7-16(21)8-6-14/h5-10,12,24H,2-4,11,13H2,1H3. The molecule has 3 aromatic rings. The van der Waals surface area contributed by atoms with Gasteiger partial charge >= 0.3 is 5.97 Å². The Morgan fingerprint density at radius 1 is 1.27 bits per heavy atom. The van der Waals surface area contributed by atoms with Gasteiger partial charge in [0.1, 0.15) is 5.82 Å². The Kier molecular flexibility index (Phi) is 5.63. The van der Waals surface area contributed by atoms with Gasteiger partial charge < -0.3 is 14.4 Å². The maximum Gasteiger partial charge on any atom is 0.359 e. The van der Waals surface area contributed by atoms with Gasteiger partial charge in [0.25, 0.3) is 0 Å². The number of ether oxygens (including phenoxy) is 1. The fraction of sp³-hybridized carbons (Fsp3) is 0.300. The van der Waals surface area contributed by atoms with Gasteiger partial charge in [-0.1, -0.05) is 12.1 Å². The summed E-state index contributed by atoms with van der Waals surface area (Å²) in [5, 5.41) is 10.0. The predicted molar refractivity (Wildman–Crippen MR) is 96.6 cm³/mol. The zero-order valence-corrected chi connectivity index (χ0v) is 14.6. The van der Waals surface area contributed by atoms with Gasteiger partial charge in [0.2, 0.25) is 0 Å². The highest BCUT2D eigenvalue weighted by Crippen LogP contribution is 2.25. The summed E-state index contributed by atoms with van der Waals surface area (Å²) in [6.07, 6.45) is 4.86. The monoisotopic (exact) mass is 356 g/mol. The van der Waals surface area contributed by atoms with Gasteiger partial charge in [0.15, 0.2) is 5.69 Å². The second-order valence-corrected chi connectivity index (χ2v) is 6.01. The van der Waals surface area contributed by atoms with Gasteiger partial charge in [0.05, 0.1) is 12.1 Å². The number of benzene rings is 1. The quantitative estimate of drug-likeness (QED) is 0.660. The molecule has 136 valence electrons. The fourth-order valence-corrected chi connectivity index (χ4v) is 3.00. The molecule has 2 aromatic heterocycles. The molecule has 1 aromatic carbocycles. The Bertz CT molecular complexity index is 903. The van der Waals surface area contributed by atoms with E-state index in [0.29, 0.717) is 24.9 Å². The molecular weight excluding hydrogens is 335 g/mol. The van der Waals surface area contributed by atoms with Crippen molar-refractivity contribution in [3.05, 3.63) is 65.4 Å². The molecule has 6 heteroatoms. The molecule has 0 amide bonds. The molecule has 0 bridgehead atoms. The first-order valence-corrected chi connectivity index (χ1v) is 8.63. The minimum atomic E-state index is -0.467. The fourth-order valence-electron chi connectivity index (χ4n) is 3.00. The van der Waals surface area contributed by atoms with Crippen LogP contribution in [-0.4, -0.2) is 33.8 Å². The van der Waals surface area contributed by atoms with Crippen LogP contribution < -0.4 is 0 Å². The number of halogens is 1. The Balaban J connectivity index is 2.06. The number of aliphatic hydroxyl groups is 1. The Morgan fingerprint density at radius 2 is 2.04 bits per heavy atom. The van der Waals surface area contributed by atoms with E-state index >= 15 is 0 Å². The van der Waals surface area contributed by atoms with Gasteiger partial charge in [-0.3, -0.25) is 0 Å². The number of fused-ring (bicyclic) bond motifs is 1. The minimum absolute atomic E-state index is 0.0947. The van der Waals surface area contributed by atoms with E-state index < -0.39 is 5.97 Å². The second kappa shape index (κ2) is 8.10. The van der Waals surface area contributed by atoms with E-state index in [0.717, 1.165) is 16.5 Å². The zero-order valence-electron chi connectivity index (χ0n) is 14.6. The van der Waals surface area contributed by atoms with E-state index in [1.54, 1.807) is 25.3 Å². The van der Waals surface area contributed by atoms with Crippen LogP contribution >= 0.6 is 0 Å². The molecule has 1 N–H and O–H groups in total. The number of nitrogens with zero attached hydrogens (tertiary/aromatic N) is 2. The van der Waals surface area contributed by atoms with Crippen molar-refractivity contribution in [2.45, 2.75) is 26.3 Å². The van der Waals surface area contributed by atoms with Crippen LogP contribution in [0.3, 0.4) is 0 Å². The highest BCUT2D eigenvalue weighted by atomic mass is 19.1. The summed E-state index contributed by atoms with van der Waals surface area (Å²) < 4.78 is 20.2.